The van der Waals surface area contributed by atoms with E-state index in [2.05, 4.69) is 10.1 Å². The third-order valence-electron chi connectivity index (χ3n) is 2.80. The highest BCUT2D eigenvalue weighted by atomic mass is 35.5. The smallest absolute Gasteiger partial charge is 0.339 e. The number of phenols is 1. The van der Waals surface area contributed by atoms with E-state index in [1.54, 1.807) is 30.3 Å². The van der Waals surface area contributed by atoms with Crippen molar-refractivity contribution in [3.8, 4) is 5.75 Å². The fourth-order valence-electron chi connectivity index (χ4n) is 1.72. The minimum absolute atomic E-state index is 0.230. The Balaban J connectivity index is 2.10. The number of carbonyl (C=O) groups is 1. The summed E-state index contributed by atoms with van der Waals surface area (Å²) in [5.74, 6) is -0.239. The first-order valence-electron chi connectivity index (χ1n) is 6.00. The molecule has 5 heteroatoms. The molecule has 2 N–H and O–H groups in total. The van der Waals surface area contributed by atoms with Crippen molar-refractivity contribution in [2.75, 3.05) is 12.4 Å². The Labute approximate surface area is 122 Å². The first-order chi connectivity index (χ1) is 9.60. The molecule has 0 aliphatic carbocycles. The van der Waals surface area contributed by atoms with Crippen LogP contribution in [0.15, 0.2) is 42.5 Å². The number of halogens is 1. The molecule has 0 amide bonds. The topological polar surface area (TPSA) is 58.6 Å². The van der Waals surface area contributed by atoms with Crippen LogP contribution in [0.2, 0.25) is 5.02 Å². The number of nitrogens with one attached hydrogen (secondary N) is 1. The van der Waals surface area contributed by atoms with Crippen LogP contribution in [0, 0.1) is 0 Å². The molecular formula is C15H14ClNO3. The molecule has 20 heavy (non-hydrogen) atoms. The molecule has 4 nitrogen and oxygen atoms in total. The van der Waals surface area contributed by atoms with E-state index >= 15 is 0 Å². The standard InChI is InChI=1S/C15H14ClNO3/c1-20-15(19)13-8-11(4-7-14(13)16)17-9-10-2-5-12(18)6-3-10/h2-8,17-18H,9H2,1H3. The van der Waals surface area contributed by atoms with E-state index < -0.39 is 5.97 Å². The van der Waals surface area contributed by atoms with Crippen molar-refractivity contribution in [3.05, 3.63) is 58.6 Å². The zero-order chi connectivity index (χ0) is 14.5. The zero-order valence-corrected chi connectivity index (χ0v) is 11.6. The van der Waals surface area contributed by atoms with Gasteiger partial charge < -0.3 is 15.2 Å². The minimum atomic E-state index is -0.469. The monoisotopic (exact) mass is 291 g/mol. The molecule has 0 aliphatic heterocycles. The van der Waals surface area contributed by atoms with Gasteiger partial charge in [-0.05, 0) is 35.9 Å². The van der Waals surface area contributed by atoms with Crippen LogP contribution in [0.4, 0.5) is 5.69 Å². The maximum absolute atomic E-state index is 11.5. The number of anilines is 1. The summed E-state index contributed by atoms with van der Waals surface area (Å²) in [6, 6.07) is 12.0. The molecule has 0 bridgehead atoms. The van der Waals surface area contributed by atoms with Gasteiger partial charge in [0.15, 0.2) is 0 Å². The lowest BCUT2D eigenvalue weighted by Crippen LogP contribution is -2.04. The van der Waals surface area contributed by atoms with E-state index in [1.165, 1.54) is 7.11 Å². The molecule has 0 spiro atoms. The Morgan fingerprint density at radius 1 is 1.25 bits per heavy atom. The van der Waals surface area contributed by atoms with Crippen LogP contribution in [0.25, 0.3) is 0 Å². The van der Waals surface area contributed by atoms with Crippen molar-refractivity contribution in [2.24, 2.45) is 0 Å². The van der Waals surface area contributed by atoms with E-state index in [4.69, 9.17) is 11.6 Å². The van der Waals surface area contributed by atoms with Gasteiger partial charge in [-0.2, -0.15) is 0 Å². The first-order valence-corrected chi connectivity index (χ1v) is 6.37. The van der Waals surface area contributed by atoms with Gasteiger partial charge in [0, 0.05) is 12.2 Å². The van der Waals surface area contributed by atoms with Gasteiger partial charge in [0.2, 0.25) is 0 Å². The predicted molar refractivity (Wildman–Crippen MR) is 78.2 cm³/mol. The summed E-state index contributed by atoms with van der Waals surface area (Å²) < 4.78 is 4.67. The number of ether oxygens (including phenoxy) is 1. The molecule has 2 aromatic carbocycles. The SMILES string of the molecule is COC(=O)c1cc(NCc2ccc(O)cc2)ccc1Cl. The Hall–Kier alpha value is -2.20. The lowest BCUT2D eigenvalue weighted by molar-refractivity contribution is 0.0601. The van der Waals surface area contributed by atoms with Crippen molar-refractivity contribution < 1.29 is 14.6 Å². The Morgan fingerprint density at radius 2 is 1.95 bits per heavy atom. The van der Waals surface area contributed by atoms with Crippen molar-refractivity contribution in [3.63, 3.8) is 0 Å². The maximum Gasteiger partial charge on any atom is 0.339 e. The number of hydrogen-bond donors (Lipinski definition) is 2. The van der Waals surface area contributed by atoms with Crippen LogP contribution < -0.4 is 5.32 Å². The van der Waals surface area contributed by atoms with Crippen molar-refractivity contribution in [1.82, 2.24) is 0 Å². The van der Waals surface area contributed by atoms with Crippen LogP contribution in [0.1, 0.15) is 15.9 Å². The fraction of sp³-hybridized carbons (Fsp3) is 0.133. The highest BCUT2D eigenvalue weighted by Gasteiger charge is 2.11. The molecule has 0 fully saturated rings. The average molecular weight is 292 g/mol. The van der Waals surface area contributed by atoms with Crippen molar-refractivity contribution in [1.29, 1.82) is 0 Å². The van der Waals surface area contributed by atoms with Gasteiger partial charge in [0.25, 0.3) is 0 Å². The maximum atomic E-state index is 11.5. The van der Waals surface area contributed by atoms with Gasteiger partial charge in [-0.3, -0.25) is 0 Å². The number of hydrogen-bond acceptors (Lipinski definition) is 4. The summed E-state index contributed by atoms with van der Waals surface area (Å²) in [6.07, 6.45) is 0. The second-order valence-electron chi connectivity index (χ2n) is 4.21. The fourth-order valence-corrected chi connectivity index (χ4v) is 1.91. The second kappa shape index (κ2) is 6.30. The number of aromatic hydroxyl groups is 1. The third kappa shape index (κ3) is 3.42. The summed E-state index contributed by atoms with van der Waals surface area (Å²) in [6.45, 7) is 0.572. The van der Waals surface area contributed by atoms with Gasteiger partial charge in [-0.1, -0.05) is 23.7 Å². The van der Waals surface area contributed by atoms with E-state index in [0.29, 0.717) is 17.1 Å². The summed E-state index contributed by atoms with van der Waals surface area (Å²) in [5, 5.41) is 12.7. The molecule has 2 aromatic rings. The van der Waals surface area contributed by atoms with Gasteiger partial charge >= 0.3 is 5.97 Å². The lowest BCUT2D eigenvalue weighted by Gasteiger charge is -2.09. The van der Waals surface area contributed by atoms with Crippen molar-refractivity contribution in [2.45, 2.75) is 6.54 Å². The number of esters is 1. The number of phenolic OH excluding ortho intramolecular Hbond substituents is 1. The average Bonchev–Trinajstić information content (AvgIpc) is 2.47. The third-order valence-corrected chi connectivity index (χ3v) is 3.13. The molecule has 2 rings (SSSR count). The number of benzene rings is 2. The molecular weight excluding hydrogens is 278 g/mol. The van der Waals surface area contributed by atoms with E-state index in [9.17, 15) is 9.90 Å². The Bertz CT molecular complexity index is 611. The molecule has 0 saturated carbocycles. The summed E-state index contributed by atoms with van der Waals surface area (Å²) in [4.78, 5) is 11.5. The number of methoxy groups -OCH3 is 1. The Morgan fingerprint density at radius 3 is 2.60 bits per heavy atom. The van der Waals surface area contributed by atoms with Gasteiger partial charge in [-0.15, -0.1) is 0 Å². The van der Waals surface area contributed by atoms with E-state index in [0.717, 1.165) is 11.3 Å². The highest BCUT2D eigenvalue weighted by Crippen LogP contribution is 2.22. The van der Waals surface area contributed by atoms with Gasteiger partial charge in [0.1, 0.15) is 5.75 Å². The molecule has 0 atom stereocenters. The molecule has 0 radical (unpaired) electrons. The number of rotatable bonds is 4. The molecule has 0 heterocycles. The highest BCUT2D eigenvalue weighted by molar-refractivity contribution is 6.33. The van der Waals surface area contributed by atoms with Crippen LogP contribution in [0.5, 0.6) is 5.75 Å². The zero-order valence-electron chi connectivity index (χ0n) is 10.9. The van der Waals surface area contributed by atoms with Crippen LogP contribution in [-0.2, 0) is 11.3 Å². The van der Waals surface area contributed by atoms with Crippen molar-refractivity contribution >= 4 is 23.3 Å². The van der Waals surface area contributed by atoms with Gasteiger partial charge in [0.05, 0.1) is 17.7 Å². The molecule has 104 valence electrons. The minimum Gasteiger partial charge on any atom is -0.508 e. The first kappa shape index (κ1) is 14.2. The number of carbonyl (C=O) groups excluding carboxylic acids is 1. The summed E-state index contributed by atoms with van der Waals surface area (Å²) in [7, 11) is 1.31. The predicted octanol–water partition coefficient (Wildman–Crippen LogP) is 3.44. The molecule has 0 aromatic heterocycles. The summed E-state index contributed by atoms with van der Waals surface area (Å²) in [5.41, 5.74) is 2.10. The van der Waals surface area contributed by atoms with Gasteiger partial charge in [-0.25, -0.2) is 4.79 Å². The quantitative estimate of drug-likeness (QED) is 0.847. The largest absolute Gasteiger partial charge is 0.508 e. The normalized spacial score (nSPS) is 10.1. The molecule has 0 saturated heterocycles. The van der Waals surface area contributed by atoms with Crippen LogP contribution >= 0.6 is 11.6 Å². The summed E-state index contributed by atoms with van der Waals surface area (Å²) >= 11 is 5.95. The lowest BCUT2D eigenvalue weighted by atomic mass is 10.2. The molecule has 0 unspecified atom stereocenters. The van der Waals surface area contributed by atoms with Crippen LogP contribution in [-0.4, -0.2) is 18.2 Å². The van der Waals surface area contributed by atoms with Crippen LogP contribution in [0.3, 0.4) is 0 Å². The molecule has 0 aliphatic rings. The van der Waals surface area contributed by atoms with E-state index in [1.807, 2.05) is 12.1 Å². The van der Waals surface area contributed by atoms with E-state index in [-0.39, 0.29) is 5.75 Å². The second-order valence-corrected chi connectivity index (χ2v) is 4.61. The Kier molecular flexibility index (Phi) is 4.48.